The average molecular weight is 272 g/mol. The molecule has 5 nitrogen and oxygen atoms in total. The normalized spacial score (nSPS) is 33.8. The number of nitrogens with one attached hydrogen (secondary N) is 1. The second-order valence-corrected chi connectivity index (χ2v) is 5.85. The van der Waals surface area contributed by atoms with E-state index in [-0.39, 0.29) is 18.3 Å². The average Bonchev–Trinajstić information content (AvgIpc) is 2.39. The molecule has 0 aromatic rings. The van der Waals surface area contributed by atoms with E-state index in [1.165, 1.54) is 0 Å². The van der Waals surface area contributed by atoms with Gasteiger partial charge in [0.1, 0.15) is 0 Å². The van der Waals surface area contributed by atoms with Gasteiger partial charge in [0.25, 0.3) is 0 Å². The maximum atomic E-state index is 5.80. The molecule has 0 aromatic heterocycles. The molecule has 2 aliphatic rings. The van der Waals surface area contributed by atoms with Gasteiger partial charge in [-0.3, -0.25) is 4.90 Å². The van der Waals surface area contributed by atoms with Gasteiger partial charge >= 0.3 is 0 Å². The Hall–Kier alpha value is -0.200. The predicted octanol–water partition coefficient (Wildman–Crippen LogP) is 0.489. The molecule has 112 valence electrons. The molecule has 0 aromatic carbocycles. The first-order valence-electron chi connectivity index (χ1n) is 7.44. The smallest absolute Gasteiger partial charge is 0.0936 e. The molecule has 2 heterocycles. The number of nitrogens with zero attached hydrogens (tertiary/aromatic N) is 1. The van der Waals surface area contributed by atoms with E-state index in [9.17, 15) is 0 Å². The summed E-state index contributed by atoms with van der Waals surface area (Å²) in [6, 6.07) is 0.582. The van der Waals surface area contributed by atoms with Gasteiger partial charge in [-0.05, 0) is 20.8 Å². The van der Waals surface area contributed by atoms with Crippen molar-refractivity contribution in [2.75, 3.05) is 46.0 Å². The molecule has 0 spiro atoms. The summed E-state index contributed by atoms with van der Waals surface area (Å²) in [5, 5.41) is 3.35. The lowest BCUT2D eigenvalue weighted by atomic mass is 10.2. The second-order valence-electron chi connectivity index (χ2n) is 5.85. The third-order valence-corrected chi connectivity index (χ3v) is 3.74. The van der Waals surface area contributed by atoms with E-state index in [4.69, 9.17) is 14.2 Å². The van der Waals surface area contributed by atoms with Crippen LogP contribution in [-0.2, 0) is 14.2 Å². The fourth-order valence-corrected chi connectivity index (χ4v) is 2.61. The van der Waals surface area contributed by atoms with Gasteiger partial charge in [0.15, 0.2) is 0 Å². The Morgan fingerprint density at radius 1 is 1.26 bits per heavy atom. The number of rotatable bonds is 5. The van der Waals surface area contributed by atoms with Gasteiger partial charge in [0, 0.05) is 32.2 Å². The number of ether oxygens (including phenoxy) is 3. The van der Waals surface area contributed by atoms with Crippen LogP contribution in [0.4, 0.5) is 0 Å². The van der Waals surface area contributed by atoms with Crippen LogP contribution in [0, 0.1) is 0 Å². The van der Waals surface area contributed by atoms with Crippen LogP contribution >= 0.6 is 0 Å². The monoisotopic (exact) mass is 272 g/mol. The molecule has 1 N–H and O–H groups in total. The van der Waals surface area contributed by atoms with E-state index in [1.807, 2.05) is 0 Å². The third kappa shape index (κ3) is 5.00. The summed E-state index contributed by atoms with van der Waals surface area (Å²) in [6.45, 7) is 12.5. The Morgan fingerprint density at radius 3 is 2.79 bits per heavy atom. The summed E-state index contributed by atoms with van der Waals surface area (Å²) >= 11 is 0. The summed E-state index contributed by atoms with van der Waals surface area (Å²) < 4.78 is 17.3. The maximum absolute atomic E-state index is 5.80. The van der Waals surface area contributed by atoms with Crippen molar-refractivity contribution in [3.63, 3.8) is 0 Å². The Balaban J connectivity index is 1.62. The summed E-state index contributed by atoms with van der Waals surface area (Å²) in [6.07, 6.45) is 0.656. The first kappa shape index (κ1) is 15.2. The van der Waals surface area contributed by atoms with E-state index in [0.29, 0.717) is 19.3 Å². The fourth-order valence-electron chi connectivity index (χ4n) is 2.61. The van der Waals surface area contributed by atoms with Crippen molar-refractivity contribution in [1.82, 2.24) is 10.2 Å². The molecule has 0 radical (unpaired) electrons. The van der Waals surface area contributed by atoms with Gasteiger partial charge in [0.2, 0.25) is 0 Å². The van der Waals surface area contributed by atoms with Gasteiger partial charge < -0.3 is 19.5 Å². The van der Waals surface area contributed by atoms with Crippen LogP contribution in [0.3, 0.4) is 0 Å². The molecular weight excluding hydrogens is 244 g/mol. The molecule has 5 heteroatoms. The van der Waals surface area contributed by atoms with Crippen molar-refractivity contribution >= 4 is 0 Å². The quantitative estimate of drug-likeness (QED) is 0.789. The number of morpholine rings is 2. The van der Waals surface area contributed by atoms with Gasteiger partial charge in [-0.2, -0.15) is 0 Å². The van der Waals surface area contributed by atoms with Gasteiger partial charge in [-0.25, -0.2) is 0 Å². The van der Waals surface area contributed by atoms with Crippen LogP contribution in [0.25, 0.3) is 0 Å². The minimum absolute atomic E-state index is 0.175. The Kier molecular flexibility index (Phi) is 6.04. The second kappa shape index (κ2) is 7.55. The lowest BCUT2D eigenvalue weighted by molar-refractivity contribution is -0.106. The minimum atomic E-state index is 0.175. The van der Waals surface area contributed by atoms with Crippen LogP contribution in [0.15, 0.2) is 0 Å². The molecule has 3 unspecified atom stereocenters. The van der Waals surface area contributed by atoms with E-state index in [2.05, 4.69) is 31.0 Å². The molecule has 2 fully saturated rings. The van der Waals surface area contributed by atoms with Crippen molar-refractivity contribution in [2.24, 2.45) is 0 Å². The number of hydrogen-bond donors (Lipinski definition) is 1. The molecule has 3 atom stereocenters. The van der Waals surface area contributed by atoms with Crippen LogP contribution in [0.2, 0.25) is 0 Å². The molecule has 0 bridgehead atoms. The SMILES string of the molecule is CC1CNCC(COCC2CN(C(C)C)CCO2)O1. The standard InChI is InChI=1S/C14H28N2O3/c1-11(2)16-4-5-18-14(8-16)10-17-9-13-7-15-6-12(3)19-13/h11-15H,4-10H2,1-3H3. The van der Waals surface area contributed by atoms with E-state index in [1.54, 1.807) is 0 Å². The molecule has 2 rings (SSSR count). The van der Waals surface area contributed by atoms with Crippen molar-refractivity contribution in [3.05, 3.63) is 0 Å². The zero-order chi connectivity index (χ0) is 13.7. The molecule has 0 aliphatic carbocycles. The summed E-state index contributed by atoms with van der Waals surface area (Å²) in [7, 11) is 0. The molecule has 19 heavy (non-hydrogen) atoms. The maximum Gasteiger partial charge on any atom is 0.0936 e. The summed E-state index contributed by atoms with van der Waals surface area (Å²) in [4.78, 5) is 2.44. The Morgan fingerprint density at radius 2 is 2.05 bits per heavy atom. The topological polar surface area (TPSA) is 43.0 Å². The Labute approximate surface area is 116 Å². The fraction of sp³-hybridized carbons (Fsp3) is 1.00. The lowest BCUT2D eigenvalue weighted by Crippen LogP contribution is -2.48. The van der Waals surface area contributed by atoms with Gasteiger partial charge in [0.05, 0.1) is 38.1 Å². The van der Waals surface area contributed by atoms with Crippen LogP contribution in [0.1, 0.15) is 20.8 Å². The predicted molar refractivity (Wildman–Crippen MR) is 74.5 cm³/mol. The highest BCUT2D eigenvalue weighted by Gasteiger charge is 2.23. The zero-order valence-corrected chi connectivity index (χ0v) is 12.4. The van der Waals surface area contributed by atoms with E-state index < -0.39 is 0 Å². The van der Waals surface area contributed by atoms with E-state index in [0.717, 1.165) is 32.8 Å². The van der Waals surface area contributed by atoms with Gasteiger partial charge in [-0.1, -0.05) is 0 Å². The first-order valence-corrected chi connectivity index (χ1v) is 7.44. The minimum Gasteiger partial charge on any atom is -0.376 e. The highest BCUT2D eigenvalue weighted by Crippen LogP contribution is 2.10. The zero-order valence-electron chi connectivity index (χ0n) is 12.4. The van der Waals surface area contributed by atoms with Crippen molar-refractivity contribution in [3.8, 4) is 0 Å². The third-order valence-electron chi connectivity index (χ3n) is 3.74. The lowest BCUT2D eigenvalue weighted by Gasteiger charge is -2.35. The molecule has 2 saturated heterocycles. The molecule has 0 amide bonds. The summed E-state index contributed by atoms with van der Waals surface area (Å²) in [5.74, 6) is 0. The van der Waals surface area contributed by atoms with Crippen LogP contribution in [0.5, 0.6) is 0 Å². The van der Waals surface area contributed by atoms with Crippen LogP contribution in [-0.4, -0.2) is 75.3 Å². The van der Waals surface area contributed by atoms with Crippen LogP contribution < -0.4 is 5.32 Å². The Bertz CT molecular complexity index is 263. The first-order chi connectivity index (χ1) is 9.15. The molecule has 2 aliphatic heterocycles. The van der Waals surface area contributed by atoms with Crippen molar-refractivity contribution in [1.29, 1.82) is 0 Å². The largest absolute Gasteiger partial charge is 0.376 e. The highest BCUT2D eigenvalue weighted by atomic mass is 16.6. The molecule has 0 saturated carbocycles. The molecular formula is C14H28N2O3. The summed E-state index contributed by atoms with van der Waals surface area (Å²) in [5.41, 5.74) is 0. The number of hydrogen-bond acceptors (Lipinski definition) is 5. The van der Waals surface area contributed by atoms with E-state index >= 15 is 0 Å². The van der Waals surface area contributed by atoms with Crippen molar-refractivity contribution < 1.29 is 14.2 Å². The van der Waals surface area contributed by atoms with Crippen molar-refractivity contribution in [2.45, 2.75) is 45.1 Å². The van der Waals surface area contributed by atoms with Gasteiger partial charge in [-0.15, -0.1) is 0 Å². The highest BCUT2D eigenvalue weighted by molar-refractivity contribution is 4.75.